The van der Waals surface area contributed by atoms with Crippen molar-refractivity contribution in [2.24, 2.45) is 0 Å². The number of carbonyl (C=O) groups excluding carboxylic acids is 1. The molecule has 1 aromatic rings. The highest BCUT2D eigenvalue weighted by Gasteiger charge is 2.50. The largest absolute Gasteiger partial charge is 0.419 e. The topological polar surface area (TPSA) is 29.1 Å². The van der Waals surface area contributed by atoms with Gasteiger partial charge in [0.2, 0.25) is 0 Å². The molecular formula is C12H9F4NO. The fourth-order valence-corrected chi connectivity index (χ4v) is 2.45. The quantitative estimate of drug-likeness (QED) is 0.713. The molecule has 1 heterocycles. The number of amides is 1. The van der Waals surface area contributed by atoms with Crippen molar-refractivity contribution < 1.29 is 22.4 Å². The van der Waals surface area contributed by atoms with E-state index in [2.05, 4.69) is 5.32 Å². The molecule has 1 spiro atoms. The van der Waals surface area contributed by atoms with Crippen molar-refractivity contribution in [3.63, 3.8) is 0 Å². The van der Waals surface area contributed by atoms with E-state index in [9.17, 15) is 22.4 Å². The third-order valence-corrected chi connectivity index (χ3v) is 3.67. The fourth-order valence-electron chi connectivity index (χ4n) is 2.45. The first-order valence-corrected chi connectivity index (χ1v) is 5.53. The van der Waals surface area contributed by atoms with Crippen molar-refractivity contribution in [1.29, 1.82) is 0 Å². The van der Waals surface area contributed by atoms with Crippen LogP contribution in [0.15, 0.2) is 12.1 Å². The zero-order chi connectivity index (χ0) is 13.1. The fraction of sp³-hybridized carbons (Fsp3) is 0.417. The lowest BCUT2D eigenvalue weighted by Gasteiger charge is -2.26. The number of halogens is 4. The minimum absolute atomic E-state index is 0.0317. The van der Waals surface area contributed by atoms with Crippen LogP contribution < -0.4 is 5.32 Å². The second-order valence-corrected chi connectivity index (χ2v) is 4.84. The maximum atomic E-state index is 13.4. The molecule has 1 aromatic carbocycles. The van der Waals surface area contributed by atoms with E-state index < -0.39 is 28.9 Å². The van der Waals surface area contributed by atoms with Gasteiger partial charge in [0, 0.05) is 17.5 Å². The van der Waals surface area contributed by atoms with E-state index >= 15 is 0 Å². The first-order valence-electron chi connectivity index (χ1n) is 5.53. The van der Waals surface area contributed by atoms with Gasteiger partial charge in [0.1, 0.15) is 5.82 Å². The predicted octanol–water partition coefficient (Wildman–Crippen LogP) is 2.62. The molecule has 0 aromatic heterocycles. The Morgan fingerprint density at radius 1 is 1.22 bits per heavy atom. The van der Waals surface area contributed by atoms with E-state index in [1.54, 1.807) is 0 Å². The molecule has 0 bridgehead atoms. The van der Waals surface area contributed by atoms with Crippen LogP contribution in [0.1, 0.15) is 34.3 Å². The molecule has 18 heavy (non-hydrogen) atoms. The molecule has 2 nitrogen and oxygen atoms in total. The Morgan fingerprint density at radius 3 is 2.44 bits per heavy atom. The zero-order valence-corrected chi connectivity index (χ0v) is 9.20. The second kappa shape index (κ2) is 3.24. The van der Waals surface area contributed by atoms with Gasteiger partial charge in [0.15, 0.2) is 0 Å². The summed E-state index contributed by atoms with van der Waals surface area (Å²) < 4.78 is 51.4. The van der Waals surface area contributed by atoms with Crippen molar-refractivity contribution in [2.75, 3.05) is 6.54 Å². The molecule has 1 fully saturated rings. The van der Waals surface area contributed by atoms with Crippen molar-refractivity contribution in [2.45, 2.75) is 24.4 Å². The Bertz CT molecular complexity index is 546. The van der Waals surface area contributed by atoms with Crippen molar-refractivity contribution in [1.82, 2.24) is 5.32 Å². The minimum atomic E-state index is -4.73. The standard InChI is InChI=1S/C12H9F4NO/c13-9-3-6-7(4-8(9)12(14,15)16)11(1-2-11)5-17-10(6)18/h3-4H,1-2,5H2,(H,17,18). The van der Waals surface area contributed by atoms with E-state index in [4.69, 9.17) is 0 Å². The summed E-state index contributed by atoms with van der Waals surface area (Å²) in [4.78, 5) is 11.6. The van der Waals surface area contributed by atoms with Crippen LogP contribution in [0, 0.1) is 5.82 Å². The van der Waals surface area contributed by atoms with E-state index in [1.807, 2.05) is 0 Å². The Labute approximate surface area is 100.0 Å². The molecule has 3 rings (SSSR count). The number of carbonyl (C=O) groups is 1. The molecule has 0 saturated heterocycles. The second-order valence-electron chi connectivity index (χ2n) is 4.84. The number of fused-ring (bicyclic) bond motifs is 2. The molecule has 96 valence electrons. The SMILES string of the molecule is O=C1NCC2(CC2)c2cc(C(F)(F)F)c(F)cc21. The molecule has 2 aliphatic rings. The molecular weight excluding hydrogens is 250 g/mol. The average molecular weight is 259 g/mol. The maximum Gasteiger partial charge on any atom is 0.419 e. The van der Waals surface area contributed by atoms with Gasteiger partial charge in [-0.2, -0.15) is 13.2 Å². The van der Waals surface area contributed by atoms with Crippen molar-refractivity contribution in [3.05, 3.63) is 34.6 Å². The lowest BCUT2D eigenvalue weighted by atomic mass is 9.86. The maximum absolute atomic E-state index is 13.4. The number of alkyl halides is 3. The van der Waals surface area contributed by atoms with Crippen LogP contribution in [0.5, 0.6) is 0 Å². The summed E-state index contributed by atoms with van der Waals surface area (Å²) in [7, 11) is 0. The van der Waals surface area contributed by atoms with Gasteiger partial charge < -0.3 is 5.32 Å². The van der Waals surface area contributed by atoms with Crippen LogP contribution in [0.2, 0.25) is 0 Å². The van der Waals surface area contributed by atoms with Gasteiger partial charge in [-0.05, 0) is 30.5 Å². The average Bonchev–Trinajstić information content (AvgIpc) is 3.03. The monoisotopic (exact) mass is 259 g/mol. The summed E-state index contributed by atoms with van der Waals surface area (Å²) in [6.45, 7) is 0.335. The third-order valence-electron chi connectivity index (χ3n) is 3.67. The van der Waals surface area contributed by atoms with Crippen LogP contribution >= 0.6 is 0 Å². The van der Waals surface area contributed by atoms with Crippen molar-refractivity contribution in [3.8, 4) is 0 Å². The Balaban J connectivity index is 2.22. The summed E-state index contributed by atoms with van der Waals surface area (Å²) in [6.07, 6.45) is -3.28. The Kier molecular flexibility index (Phi) is 2.07. The summed E-state index contributed by atoms with van der Waals surface area (Å²) >= 11 is 0. The summed E-state index contributed by atoms with van der Waals surface area (Å²) in [6, 6.07) is 1.50. The van der Waals surface area contributed by atoms with Crippen LogP contribution in [0.4, 0.5) is 17.6 Å². The normalized spacial score (nSPS) is 20.6. The highest BCUT2D eigenvalue weighted by Crippen LogP contribution is 2.51. The van der Waals surface area contributed by atoms with Gasteiger partial charge in [-0.25, -0.2) is 4.39 Å². The number of nitrogens with one attached hydrogen (secondary N) is 1. The molecule has 1 saturated carbocycles. The van der Waals surface area contributed by atoms with Gasteiger partial charge in [-0.1, -0.05) is 0 Å². The van der Waals surface area contributed by atoms with Crippen LogP contribution in [-0.4, -0.2) is 12.5 Å². The van der Waals surface area contributed by atoms with Crippen molar-refractivity contribution >= 4 is 5.91 Å². The van der Waals surface area contributed by atoms with Gasteiger partial charge in [0.25, 0.3) is 5.91 Å². The number of benzene rings is 1. The lowest BCUT2D eigenvalue weighted by molar-refractivity contribution is -0.140. The smallest absolute Gasteiger partial charge is 0.351 e. The molecule has 1 aliphatic heterocycles. The molecule has 6 heteroatoms. The van der Waals surface area contributed by atoms with E-state index in [1.165, 1.54) is 0 Å². The summed E-state index contributed by atoms with van der Waals surface area (Å²) in [5.74, 6) is -1.90. The summed E-state index contributed by atoms with van der Waals surface area (Å²) in [5.41, 5.74) is -1.33. The highest BCUT2D eigenvalue weighted by molar-refractivity contribution is 5.98. The van der Waals surface area contributed by atoms with Gasteiger partial charge in [-0.15, -0.1) is 0 Å². The molecule has 1 N–H and O–H groups in total. The Morgan fingerprint density at radius 2 is 1.89 bits per heavy atom. The van der Waals surface area contributed by atoms with E-state index in [0.29, 0.717) is 18.2 Å². The number of hydrogen-bond acceptors (Lipinski definition) is 1. The van der Waals surface area contributed by atoms with Gasteiger partial charge in [-0.3, -0.25) is 4.79 Å². The number of rotatable bonds is 0. The number of hydrogen-bond donors (Lipinski definition) is 1. The zero-order valence-electron chi connectivity index (χ0n) is 9.20. The van der Waals surface area contributed by atoms with Crippen LogP contribution in [-0.2, 0) is 11.6 Å². The minimum Gasteiger partial charge on any atom is -0.351 e. The third kappa shape index (κ3) is 1.51. The van der Waals surface area contributed by atoms with E-state index in [-0.39, 0.29) is 5.56 Å². The first kappa shape index (κ1) is 11.5. The molecule has 0 radical (unpaired) electrons. The molecule has 1 amide bonds. The molecule has 0 atom stereocenters. The Hall–Kier alpha value is -1.59. The van der Waals surface area contributed by atoms with Crippen LogP contribution in [0.3, 0.4) is 0 Å². The van der Waals surface area contributed by atoms with Gasteiger partial charge in [0.05, 0.1) is 5.56 Å². The first-order chi connectivity index (χ1) is 8.33. The predicted molar refractivity (Wildman–Crippen MR) is 54.6 cm³/mol. The van der Waals surface area contributed by atoms with E-state index in [0.717, 1.165) is 18.9 Å². The molecule has 1 aliphatic carbocycles. The van der Waals surface area contributed by atoms with Gasteiger partial charge >= 0.3 is 6.18 Å². The summed E-state index contributed by atoms with van der Waals surface area (Å²) in [5, 5.41) is 2.59. The van der Waals surface area contributed by atoms with Crippen LogP contribution in [0.25, 0.3) is 0 Å². The molecule has 0 unspecified atom stereocenters. The highest BCUT2D eigenvalue weighted by atomic mass is 19.4. The lowest BCUT2D eigenvalue weighted by Crippen LogP contribution is -2.39.